The Morgan fingerprint density at radius 1 is 1.04 bits per heavy atom. The summed E-state index contributed by atoms with van der Waals surface area (Å²) < 4.78 is 52.7. The molecule has 1 aromatic carbocycles. The number of hydrogen-bond donors (Lipinski definition) is 0. The molecule has 0 bridgehead atoms. The van der Waals surface area contributed by atoms with Gasteiger partial charge in [0, 0.05) is 0 Å². The molecule has 0 spiro atoms. The van der Waals surface area contributed by atoms with E-state index in [0.29, 0.717) is 18.8 Å². The highest BCUT2D eigenvalue weighted by Gasteiger charge is 2.36. The Morgan fingerprint density at radius 2 is 1.61 bits per heavy atom. The fourth-order valence-electron chi connectivity index (χ4n) is 3.14. The van der Waals surface area contributed by atoms with Gasteiger partial charge in [-0.15, -0.1) is 0 Å². The first-order valence-corrected chi connectivity index (χ1v) is 8.41. The molecule has 130 valence electrons. The third kappa shape index (κ3) is 4.55. The molecule has 5 heteroatoms. The summed E-state index contributed by atoms with van der Waals surface area (Å²) in [5, 5.41) is 0. The Bertz CT molecular complexity index is 511. The molecule has 2 nitrogen and oxygen atoms in total. The Balaban J connectivity index is 1.94. The monoisotopic (exact) mass is 330 g/mol. The number of alkyl halides is 1. The van der Waals surface area contributed by atoms with Gasteiger partial charge in [-0.25, -0.2) is 4.39 Å². The zero-order valence-electron chi connectivity index (χ0n) is 13.8. The van der Waals surface area contributed by atoms with Crippen LogP contribution in [-0.4, -0.2) is 18.9 Å². The molecule has 1 aliphatic carbocycles. The second kappa shape index (κ2) is 7.93. The van der Waals surface area contributed by atoms with Gasteiger partial charge in [-0.3, -0.25) is 0 Å². The first kappa shape index (κ1) is 18.0. The summed E-state index contributed by atoms with van der Waals surface area (Å²) in [7, 11) is 0. The van der Waals surface area contributed by atoms with E-state index >= 15 is 0 Å². The minimum Gasteiger partial charge on any atom is -0.491 e. The van der Waals surface area contributed by atoms with Crippen molar-refractivity contribution in [1.82, 2.24) is 0 Å². The van der Waals surface area contributed by atoms with Crippen LogP contribution in [0.2, 0.25) is 0 Å². The van der Waals surface area contributed by atoms with Gasteiger partial charge in [0.15, 0.2) is 11.5 Å². The molecule has 2 rings (SSSR count). The fourth-order valence-corrected chi connectivity index (χ4v) is 3.14. The summed E-state index contributed by atoms with van der Waals surface area (Å²) in [5.41, 5.74) is -1.45. The van der Waals surface area contributed by atoms with Crippen LogP contribution in [-0.2, 0) is 0 Å². The predicted molar refractivity (Wildman–Crippen MR) is 83.7 cm³/mol. The van der Waals surface area contributed by atoms with Crippen LogP contribution in [0.15, 0.2) is 12.1 Å². The van der Waals surface area contributed by atoms with Gasteiger partial charge in [0.25, 0.3) is 0 Å². The molecule has 1 fully saturated rings. The topological polar surface area (TPSA) is 18.5 Å². The number of halogens is 3. The molecular weight excluding hydrogens is 305 g/mol. The molecule has 0 unspecified atom stereocenters. The van der Waals surface area contributed by atoms with Gasteiger partial charge in [-0.05, 0) is 50.7 Å². The third-order valence-corrected chi connectivity index (χ3v) is 4.50. The fraction of sp³-hybridized carbons (Fsp3) is 0.667. The molecule has 0 atom stereocenters. The average molecular weight is 330 g/mol. The second-order valence-corrected chi connectivity index (χ2v) is 6.29. The van der Waals surface area contributed by atoms with Crippen molar-refractivity contribution in [2.75, 3.05) is 13.2 Å². The van der Waals surface area contributed by atoms with E-state index in [9.17, 15) is 13.2 Å². The van der Waals surface area contributed by atoms with Gasteiger partial charge in [-0.2, -0.15) is 8.78 Å². The molecule has 0 N–H and O–H groups in total. The van der Waals surface area contributed by atoms with E-state index in [0.717, 1.165) is 25.7 Å². The van der Waals surface area contributed by atoms with Crippen molar-refractivity contribution < 1.29 is 22.6 Å². The zero-order valence-corrected chi connectivity index (χ0v) is 13.8. The lowest BCUT2D eigenvalue weighted by Gasteiger charge is -2.33. The maximum absolute atomic E-state index is 14.7. The predicted octanol–water partition coefficient (Wildman–Crippen LogP) is 5.44. The van der Waals surface area contributed by atoms with E-state index in [2.05, 4.69) is 6.92 Å². The van der Waals surface area contributed by atoms with Crippen molar-refractivity contribution in [3.8, 4) is 11.5 Å². The van der Waals surface area contributed by atoms with Gasteiger partial charge in [0.1, 0.15) is 12.3 Å². The van der Waals surface area contributed by atoms with Crippen molar-refractivity contribution in [2.24, 2.45) is 5.92 Å². The normalized spacial score (nSPS) is 24.5. The quantitative estimate of drug-likeness (QED) is 0.662. The summed E-state index contributed by atoms with van der Waals surface area (Å²) in [6.45, 7) is 3.81. The SMILES string of the molecule is CCC[C@H]1CC[C@](F)(COc2ccc(OCC)c(F)c2F)CC1. The molecule has 0 amide bonds. The molecule has 1 aliphatic rings. The van der Waals surface area contributed by atoms with E-state index in [-0.39, 0.29) is 24.7 Å². The van der Waals surface area contributed by atoms with E-state index in [1.165, 1.54) is 12.1 Å². The lowest BCUT2D eigenvalue weighted by Crippen LogP contribution is -2.35. The smallest absolute Gasteiger partial charge is 0.204 e. The van der Waals surface area contributed by atoms with Crippen LogP contribution in [0, 0.1) is 17.6 Å². The minimum atomic E-state index is -1.45. The maximum atomic E-state index is 14.7. The Labute approximate surface area is 136 Å². The Hall–Kier alpha value is -1.39. The average Bonchev–Trinajstić information content (AvgIpc) is 2.54. The van der Waals surface area contributed by atoms with E-state index in [1.54, 1.807) is 6.92 Å². The number of ether oxygens (including phenoxy) is 2. The second-order valence-electron chi connectivity index (χ2n) is 6.29. The molecule has 1 aromatic rings. The van der Waals surface area contributed by atoms with E-state index in [4.69, 9.17) is 9.47 Å². The van der Waals surface area contributed by atoms with Crippen molar-refractivity contribution in [2.45, 2.75) is 58.0 Å². The van der Waals surface area contributed by atoms with Gasteiger partial charge in [0.05, 0.1) is 6.61 Å². The van der Waals surface area contributed by atoms with Crippen molar-refractivity contribution in [3.63, 3.8) is 0 Å². The van der Waals surface area contributed by atoms with Crippen molar-refractivity contribution in [1.29, 1.82) is 0 Å². The summed E-state index contributed by atoms with van der Waals surface area (Å²) in [4.78, 5) is 0. The van der Waals surface area contributed by atoms with E-state index in [1.807, 2.05) is 0 Å². The van der Waals surface area contributed by atoms with Crippen molar-refractivity contribution in [3.05, 3.63) is 23.8 Å². The standard InChI is InChI=1S/C18H25F3O2/c1-3-5-13-8-10-18(21,11-9-13)12-23-15-7-6-14(22-4-2)16(19)17(15)20/h6-7,13H,3-5,8-12H2,1-2H3/t13-,18+. The molecule has 0 heterocycles. The summed E-state index contributed by atoms with van der Waals surface area (Å²) in [6.07, 6.45) is 4.71. The van der Waals surface area contributed by atoms with Crippen LogP contribution < -0.4 is 9.47 Å². The van der Waals surface area contributed by atoms with Crippen LogP contribution in [0.25, 0.3) is 0 Å². The molecular formula is C18H25F3O2. The van der Waals surface area contributed by atoms with Gasteiger partial charge >= 0.3 is 0 Å². The van der Waals surface area contributed by atoms with Crippen LogP contribution in [0.1, 0.15) is 52.4 Å². The summed E-state index contributed by atoms with van der Waals surface area (Å²) in [5.74, 6) is -2.07. The zero-order chi connectivity index (χ0) is 16.9. The molecule has 1 saturated carbocycles. The number of rotatable bonds is 7. The van der Waals surface area contributed by atoms with Crippen LogP contribution in [0.3, 0.4) is 0 Å². The van der Waals surface area contributed by atoms with Gasteiger partial charge < -0.3 is 9.47 Å². The lowest BCUT2D eigenvalue weighted by atomic mass is 9.78. The third-order valence-electron chi connectivity index (χ3n) is 4.50. The molecule has 0 radical (unpaired) electrons. The summed E-state index contributed by atoms with van der Waals surface area (Å²) in [6, 6.07) is 2.59. The Kier molecular flexibility index (Phi) is 6.19. The molecule has 0 aliphatic heterocycles. The highest BCUT2D eigenvalue weighted by atomic mass is 19.2. The first-order chi connectivity index (χ1) is 11.0. The van der Waals surface area contributed by atoms with Gasteiger partial charge in [-0.1, -0.05) is 19.8 Å². The summed E-state index contributed by atoms with van der Waals surface area (Å²) >= 11 is 0. The largest absolute Gasteiger partial charge is 0.491 e. The molecule has 23 heavy (non-hydrogen) atoms. The highest BCUT2D eigenvalue weighted by Crippen LogP contribution is 2.38. The van der Waals surface area contributed by atoms with Crippen LogP contribution >= 0.6 is 0 Å². The number of benzene rings is 1. The first-order valence-electron chi connectivity index (χ1n) is 8.41. The maximum Gasteiger partial charge on any atom is 0.204 e. The molecule has 0 aromatic heterocycles. The number of hydrogen-bond acceptors (Lipinski definition) is 2. The van der Waals surface area contributed by atoms with Crippen LogP contribution in [0.4, 0.5) is 13.2 Å². The van der Waals surface area contributed by atoms with E-state index < -0.39 is 17.3 Å². The highest BCUT2D eigenvalue weighted by molar-refractivity contribution is 5.35. The van der Waals surface area contributed by atoms with Crippen LogP contribution in [0.5, 0.6) is 11.5 Å². The Morgan fingerprint density at radius 3 is 2.13 bits per heavy atom. The minimum absolute atomic E-state index is 0.160. The lowest BCUT2D eigenvalue weighted by molar-refractivity contribution is 0.0296. The van der Waals surface area contributed by atoms with Crippen molar-refractivity contribution >= 4 is 0 Å². The van der Waals surface area contributed by atoms with Gasteiger partial charge in [0.2, 0.25) is 11.6 Å². The molecule has 0 saturated heterocycles.